The predicted octanol–water partition coefficient (Wildman–Crippen LogP) is 5.67. The molecule has 5 heteroatoms. The highest BCUT2D eigenvalue weighted by Crippen LogP contribution is 2.29. The van der Waals surface area contributed by atoms with E-state index in [1.165, 1.54) is 11.8 Å². The predicted molar refractivity (Wildman–Crippen MR) is 122 cm³/mol. The summed E-state index contributed by atoms with van der Waals surface area (Å²) in [4.78, 5) is 18.3. The van der Waals surface area contributed by atoms with Crippen LogP contribution in [-0.4, -0.2) is 9.55 Å². The minimum atomic E-state index is -0.0789. The number of nitriles is 1. The Morgan fingerprint density at radius 3 is 2.50 bits per heavy atom. The molecule has 0 aliphatic carbocycles. The van der Waals surface area contributed by atoms with Crippen LogP contribution in [0.25, 0.3) is 16.6 Å². The lowest BCUT2D eigenvalue weighted by Crippen LogP contribution is -2.23. The van der Waals surface area contributed by atoms with Crippen molar-refractivity contribution in [3.8, 4) is 11.8 Å². The smallest absolute Gasteiger partial charge is 0.266 e. The number of benzene rings is 3. The second-order valence-corrected chi connectivity index (χ2v) is 8.27. The largest absolute Gasteiger partial charge is 0.268 e. The van der Waals surface area contributed by atoms with Gasteiger partial charge in [0.25, 0.3) is 5.56 Å². The first-order valence-electron chi connectivity index (χ1n) is 9.82. The Kier molecular flexibility index (Phi) is 5.69. The number of aromatic nitrogens is 2. The van der Waals surface area contributed by atoms with Gasteiger partial charge in [0.05, 0.1) is 28.2 Å². The van der Waals surface area contributed by atoms with Crippen LogP contribution in [0.15, 0.2) is 82.7 Å². The van der Waals surface area contributed by atoms with Crippen molar-refractivity contribution in [3.63, 3.8) is 0 Å². The first-order valence-corrected chi connectivity index (χ1v) is 10.8. The van der Waals surface area contributed by atoms with Crippen LogP contribution in [0, 0.1) is 11.3 Å². The zero-order valence-electron chi connectivity index (χ0n) is 16.9. The molecule has 4 aromatic rings. The molecule has 0 radical (unpaired) electrons. The summed E-state index contributed by atoms with van der Waals surface area (Å²) < 4.78 is 1.72. The number of rotatable bonds is 5. The monoisotopic (exact) mass is 411 g/mol. The van der Waals surface area contributed by atoms with E-state index in [0.717, 1.165) is 16.8 Å². The fourth-order valence-corrected chi connectivity index (χ4v) is 4.51. The lowest BCUT2D eigenvalue weighted by molar-refractivity contribution is 0.780. The Hall–Kier alpha value is -3.36. The minimum Gasteiger partial charge on any atom is -0.268 e. The van der Waals surface area contributed by atoms with Crippen LogP contribution in [-0.2, 0) is 5.75 Å². The topological polar surface area (TPSA) is 58.7 Å². The molecule has 0 spiro atoms. The van der Waals surface area contributed by atoms with Crippen molar-refractivity contribution in [1.29, 1.82) is 5.26 Å². The molecule has 0 bridgehead atoms. The van der Waals surface area contributed by atoms with Gasteiger partial charge in [-0.3, -0.25) is 9.36 Å². The van der Waals surface area contributed by atoms with E-state index in [9.17, 15) is 10.1 Å². The zero-order valence-corrected chi connectivity index (χ0v) is 17.7. The van der Waals surface area contributed by atoms with Crippen molar-refractivity contribution >= 4 is 22.7 Å². The molecule has 4 rings (SSSR count). The van der Waals surface area contributed by atoms with Gasteiger partial charge in [-0.2, -0.15) is 5.26 Å². The third-order valence-corrected chi connectivity index (χ3v) is 6.03. The highest BCUT2D eigenvalue weighted by atomic mass is 32.2. The number of nitrogens with zero attached hydrogens (tertiary/aromatic N) is 3. The molecule has 4 nitrogen and oxygen atoms in total. The van der Waals surface area contributed by atoms with Gasteiger partial charge in [-0.15, -0.1) is 0 Å². The first kappa shape index (κ1) is 19.9. The lowest BCUT2D eigenvalue weighted by atomic mass is 10.0. The van der Waals surface area contributed by atoms with Crippen LogP contribution in [0.2, 0.25) is 0 Å². The number of thioether (sulfide) groups is 1. The van der Waals surface area contributed by atoms with Crippen LogP contribution in [0.5, 0.6) is 0 Å². The van der Waals surface area contributed by atoms with Crippen molar-refractivity contribution in [2.24, 2.45) is 0 Å². The van der Waals surface area contributed by atoms with Gasteiger partial charge in [-0.1, -0.05) is 74.1 Å². The second-order valence-electron chi connectivity index (χ2n) is 7.32. The molecule has 0 aliphatic heterocycles. The summed E-state index contributed by atoms with van der Waals surface area (Å²) in [5, 5.41) is 10.6. The number of fused-ring (bicyclic) bond motifs is 1. The Morgan fingerprint density at radius 2 is 1.70 bits per heavy atom. The van der Waals surface area contributed by atoms with E-state index >= 15 is 0 Å². The van der Waals surface area contributed by atoms with Crippen LogP contribution in [0.3, 0.4) is 0 Å². The fraction of sp³-hybridized carbons (Fsp3) is 0.160. The van der Waals surface area contributed by atoms with Crippen LogP contribution >= 0.6 is 11.8 Å². The second kappa shape index (κ2) is 8.56. The fourth-order valence-electron chi connectivity index (χ4n) is 3.50. The maximum atomic E-state index is 13.5. The minimum absolute atomic E-state index is 0.0789. The van der Waals surface area contributed by atoms with Gasteiger partial charge >= 0.3 is 0 Å². The average molecular weight is 412 g/mol. The van der Waals surface area contributed by atoms with Gasteiger partial charge in [0.1, 0.15) is 0 Å². The molecule has 30 heavy (non-hydrogen) atoms. The molecule has 0 aliphatic rings. The summed E-state index contributed by atoms with van der Waals surface area (Å²) in [6, 6.07) is 25.2. The summed E-state index contributed by atoms with van der Waals surface area (Å²) in [6.45, 7) is 4.24. The van der Waals surface area contributed by atoms with E-state index in [0.29, 0.717) is 27.4 Å². The van der Waals surface area contributed by atoms with E-state index in [-0.39, 0.29) is 11.5 Å². The number of hydrogen-bond acceptors (Lipinski definition) is 4. The van der Waals surface area contributed by atoms with E-state index in [2.05, 4.69) is 26.0 Å². The molecule has 0 fully saturated rings. The van der Waals surface area contributed by atoms with Crippen LogP contribution < -0.4 is 5.56 Å². The highest BCUT2D eigenvalue weighted by Gasteiger charge is 2.17. The molecule has 0 amide bonds. The van der Waals surface area contributed by atoms with Crippen molar-refractivity contribution in [2.75, 3.05) is 0 Å². The Morgan fingerprint density at radius 1 is 1.00 bits per heavy atom. The molecule has 0 atom stereocenters. The maximum Gasteiger partial charge on any atom is 0.266 e. The molecule has 1 aromatic heterocycles. The SMILES string of the molecule is CC(C)c1ccccc1-n1c(SCc2ccccc2C#N)nc2ccccc2c1=O. The summed E-state index contributed by atoms with van der Waals surface area (Å²) in [6.07, 6.45) is 0. The number of hydrogen-bond donors (Lipinski definition) is 0. The summed E-state index contributed by atoms with van der Waals surface area (Å²) in [5.41, 5.74) is 4.11. The van der Waals surface area contributed by atoms with Crippen molar-refractivity contribution in [1.82, 2.24) is 9.55 Å². The van der Waals surface area contributed by atoms with Gasteiger partial charge in [-0.25, -0.2) is 4.98 Å². The first-order chi connectivity index (χ1) is 14.6. The molecule has 148 valence electrons. The van der Waals surface area contributed by atoms with Gasteiger partial charge in [-0.05, 0) is 41.3 Å². The quantitative estimate of drug-likeness (QED) is 0.313. The van der Waals surface area contributed by atoms with Gasteiger partial charge in [0, 0.05) is 5.75 Å². The summed E-state index contributed by atoms with van der Waals surface area (Å²) in [7, 11) is 0. The Labute approximate surface area is 179 Å². The van der Waals surface area contributed by atoms with Crippen molar-refractivity contribution in [2.45, 2.75) is 30.7 Å². The Balaban J connectivity index is 1.90. The zero-order chi connectivity index (χ0) is 21.1. The van der Waals surface area contributed by atoms with Gasteiger partial charge < -0.3 is 0 Å². The molecule has 0 N–H and O–H groups in total. The van der Waals surface area contributed by atoms with Crippen LogP contribution in [0.1, 0.15) is 36.5 Å². The molecule has 0 saturated heterocycles. The average Bonchev–Trinajstić information content (AvgIpc) is 2.78. The molecule has 1 heterocycles. The molecular weight excluding hydrogens is 390 g/mol. The summed E-state index contributed by atoms with van der Waals surface area (Å²) >= 11 is 1.47. The molecular formula is C25H21N3OS. The van der Waals surface area contributed by atoms with E-state index in [1.807, 2.05) is 66.7 Å². The highest BCUT2D eigenvalue weighted by molar-refractivity contribution is 7.98. The number of para-hydroxylation sites is 2. The Bertz CT molecular complexity index is 1320. The van der Waals surface area contributed by atoms with Crippen LogP contribution in [0.4, 0.5) is 0 Å². The third kappa shape index (κ3) is 3.74. The van der Waals surface area contributed by atoms with E-state index < -0.39 is 0 Å². The standard InChI is InChI=1S/C25H21N3OS/c1-17(2)20-11-6-8-14-23(20)28-24(29)21-12-5-7-13-22(21)27-25(28)30-16-19-10-4-3-9-18(19)15-26/h3-14,17H,16H2,1-2H3. The van der Waals surface area contributed by atoms with Crippen molar-refractivity contribution in [3.05, 3.63) is 99.8 Å². The maximum absolute atomic E-state index is 13.5. The molecule has 3 aromatic carbocycles. The van der Waals surface area contributed by atoms with Gasteiger partial charge in [0.15, 0.2) is 5.16 Å². The van der Waals surface area contributed by atoms with Crippen molar-refractivity contribution < 1.29 is 0 Å². The molecule has 0 unspecified atom stereocenters. The summed E-state index contributed by atoms with van der Waals surface area (Å²) in [5.74, 6) is 0.815. The normalized spacial score (nSPS) is 11.0. The van der Waals surface area contributed by atoms with E-state index in [1.54, 1.807) is 4.57 Å². The van der Waals surface area contributed by atoms with E-state index in [4.69, 9.17) is 4.98 Å². The third-order valence-electron chi connectivity index (χ3n) is 5.04. The van der Waals surface area contributed by atoms with Gasteiger partial charge in [0.2, 0.25) is 0 Å². The lowest BCUT2D eigenvalue weighted by Gasteiger charge is -2.18. The molecule has 0 saturated carbocycles.